The van der Waals surface area contributed by atoms with Crippen LogP contribution in [0.25, 0.3) is 88.4 Å². The Morgan fingerprint density at radius 2 is 0.900 bits per heavy atom. The van der Waals surface area contributed by atoms with Gasteiger partial charge in [0.05, 0.1) is 62.3 Å². The maximum Gasteiger partial charge on any atom is 0.416 e. The monoisotopic (exact) mass is 779 g/mol. The minimum absolute atomic E-state index is 0.237. The molecule has 60 heavy (non-hydrogen) atoms. The highest BCUT2D eigenvalue weighted by atomic mass is 19.4. The van der Waals surface area contributed by atoms with Crippen LogP contribution in [0.2, 0.25) is 0 Å². The Balaban J connectivity index is 1.35. The summed E-state index contributed by atoms with van der Waals surface area (Å²) in [5.74, 6) is 0. The zero-order chi connectivity index (χ0) is 41.1. The van der Waals surface area contributed by atoms with Crippen LogP contribution in [0.5, 0.6) is 0 Å². The van der Waals surface area contributed by atoms with Crippen molar-refractivity contribution < 1.29 is 13.2 Å². The van der Waals surface area contributed by atoms with Crippen molar-refractivity contribution in [2.75, 3.05) is 0 Å². The van der Waals surface area contributed by atoms with Crippen molar-refractivity contribution in [1.29, 1.82) is 15.8 Å². The molecule has 0 unspecified atom stereocenters. The first-order valence-corrected chi connectivity index (χ1v) is 19.1. The zero-order valence-corrected chi connectivity index (χ0v) is 31.5. The number of aromatic nitrogens is 2. The van der Waals surface area contributed by atoms with Gasteiger partial charge in [-0.1, -0.05) is 115 Å². The Kier molecular flexibility index (Phi) is 8.35. The van der Waals surface area contributed by atoms with E-state index in [2.05, 4.69) is 18.2 Å². The van der Waals surface area contributed by atoms with E-state index < -0.39 is 11.7 Å². The molecular formula is C52H28F3N5. The van der Waals surface area contributed by atoms with Crippen LogP contribution in [-0.2, 0) is 6.18 Å². The second kappa shape index (κ2) is 13.9. The number of nitrogens with zero attached hydrogens (tertiary/aromatic N) is 5. The fourth-order valence-electron chi connectivity index (χ4n) is 8.65. The molecule has 0 aliphatic rings. The molecule has 0 amide bonds. The van der Waals surface area contributed by atoms with Gasteiger partial charge in [-0.15, -0.1) is 0 Å². The van der Waals surface area contributed by atoms with E-state index in [0.717, 1.165) is 72.5 Å². The molecule has 10 aromatic rings. The van der Waals surface area contributed by atoms with E-state index in [-0.39, 0.29) is 11.1 Å². The summed E-state index contributed by atoms with van der Waals surface area (Å²) in [5, 5.41) is 35.2. The molecule has 8 heteroatoms. The SMILES string of the molecule is N#Cc1ccccc1-c1ccc2c3ccccc3n(-c3ccc(-c4cccc(C(F)(F)F)c4)c(-n4c5ccccc5c5ccc(-c6ccccc6C#N)cc54)c3C#N)c2c1. The third kappa shape index (κ3) is 5.61. The number of alkyl halides is 3. The number of fused-ring (bicyclic) bond motifs is 6. The van der Waals surface area contributed by atoms with E-state index in [1.165, 1.54) is 6.07 Å². The van der Waals surface area contributed by atoms with Crippen molar-refractivity contribution in [2.45, 2.75) is 6.18 Å². The highest BCUT2D eigenvalue weighted by Gasteiger charge is 2.31. The Labute approximate surface area is 341 Å². The quantitative estimate of drug-likeness (QED) is 0.174. The van der Waals surface area contributed by atoms with Crippen LogP contribution in [0, 0.1) is 34.0 Å². The maximum atomic E-state index is 14.3. The zero-order valence-electron chi connectivity index (χ0n) is 31.5. The first-order valence-electron chi connectivity index (χ1n) is 19.1. The van der Waals surface area contributed by atoms with Gasteiger partial charge >= 0.3 is 6.18 Å². The van der Waals surface area contributed by atoms with Crippen molar-refractivity contribution in [3.63, 3.8) is 0 Å². The number of hydrogen-bond donors (Lipinski definition) is 0. The number of halogens is 3. The molecule has 0 saturated heterocycles. The predicted molar refractivity (Wildman–Crippen MR) is 231 cm³/mol. The van der Waals surface area contributed by atoms with E-state index in [1.807, 2.05) is 137 Å². The molecule has 2 aromatic heterocycles. The summed E-state index contributed by atoms with van der Waals surface area (Å²) in [6, 6.07) is 58.3. The summed E-state index contributed by atoms with van der Waals surface area (Å²) in [6.07, 6.45) is -4.60. The smallest absolute Gasteiger partial charge is 0.308 e. The molecule has 282 valence electrons. The predicted octanol–water partition coefficient (Wildman–Crippen LogP) is 13.5. The van der Waals surface area contributed by atoms with Crippen molar-refractivity contribution in [3.05, 3.63) is 192 Å². The van der Waals surface area contributed by atoms with Crippen LogP contribution in [0.3, 0.4) is 0 Å². The van der Waals surface area contributed by atoms with Crippen molar-refractivity contribution in [3.8, 4) is 63.0 Å². The molecule has 0 fully saturated rings. The van der Waals surface area contributed by atoms with E-state index >= 15 is 0 Å². The van der Waals surface area contributed by atoms with Gasteiger partial charge < -0.3 is 9.13 Å². The van der Waals surface area contributed by atoms with E-state index in [1.54, 1.807) is 24.3 Å². The van der Waals surface area contributed by atoms with Crippen molar-refractivity contribution >= 4 is 43.6 Å². The molecule has 8 aromatic carbocycles. The molecule has 10 rings (SSSR count). The lowest BCUT2D eigenvalue weighted by Gasteiger charge is -2.21. The lowest BCUT2D eigenvalue weighted by molar-refractivity contribution is -0.137. The van der Waals surface area contributed by atoms with Crippen LogP contribution in [0.4, 0.5) is 13.2 Å². The first-order chi connectivity index (χ1) is 29.3. The van der Waals surface area contributed by atoms with Gasteiger partial charge in [-0.25, -0.2) is 0 Å². The molecule has 0 saturated carbocycles. The van der Waals surface area contributed by atoms with Gasteiger partial charge in [0.25, 0.3) is 0 Å². The fourth-order valence-corrected chi connectivity index (χ4v) is 8.65. The van der Waals surface area contributed by atoms with Gasteiger partial charge in [-0.05, 0) is 82.4 Å². The number of nitriles is 3. The molecule has 0 radical (unpaired) electrons. The number of para-hydroxylation sites is 2. The molecule has 0 N–H and O–H groups in total. The highest BCUT2D eigenvalue weighted by molar-refractivity contribution is 6.13. The summed E-state index contributed by atoms with van der Waals surface area (Å²) in [6.45, 7) is 0. The Hall–Kier alpha value is -8.38. The molecule has 0 bridgehead atoms. The van der Waals surface area contributed by atoms with Crippen LogP contribution < -0.4 is 0 Å². The van der Waals surface area contributed by atoms with Crippen molar-refractivity contribution in [1.82, 2.24) is 9.13 Å². The van der Waals surface area contributed by atoms with E-state index in [9.17, 15) is 29.0 Å². The highest BCUT2D eigenvalue weighted by Crippen LogP contribution is 2.44. The molecule has 0 aliphatic carbocycles. The molecule has 0 spiro atoms. The van der Waals surface area contributed by atoms with Crippen LogP contribution >= 0.6 is 0 Å². The van der Waals surface area contributed by atoms with E-state index in [4.69, 9.17) is 0 Å². The largest absolute Gasteiger partial charge is 0.416 e. The van der Waals surface area contributed by atoms with Gasteiger partial charge in [0.2, 0.25) is 0 Å². The number of hydrogen-bond acceptors (Lipinski definition) is 3. The Morgan fingerprint density at radius 3 is 1.47 bits per heavy atom. The Bertz CT molecular complexity index is 3530. The van der Waals surface area contributed by atoms with Crippen LogP contribution in [0.1, 0.15) is 22.3 Å². The lowest BCUT2D eigenvalue weighted by Crippen LogP contribution is -2.08. The standard InChI is InChI=1S/C52H28F3N5/c53-52(54,55)37-13-9-12-32(26-37)40-24-25-48(59-46-18-7-5-16-41(46)43-22-20-33(27-49(43)59)38-14-3-1-10-35(38)29-56)45(31-58)51(40)60-47-19-8-6-17-42(47)44-23-21-34(28-50(44)60)39-15-4-2-11-36(39)30-57/h1-28H. The normalized spacial score (nSPS) is 11.5. The topological polar surface area (TPSA) is 81.2 Å². The second-order valence-electron chi connectivity index (χ2n) is 14.5. The van der Waals surface area contributed by atoms with Gasteiger partial charge in [0.1, 0.15) is 11.6 Å². The molecule has 0 atom stereocenters. The minimum atomic E-state index is -4.60. The average Bonchev–Trinajstić information content (AvgIpc) is 3.80. The van der Waals surface area contributed by atoms with E-state index in [0.29, 0.717) is 33.6 Å². The first kappa shape index (κ1) is 36.0. The van der Waals surface area contributed by atoms with Crippen LogP contribution in [-0.4, -0.2) is 9.13 Å². The summed E-state index contributed by atoms with van der Waals surface area (Å²) < 4.78 is 47.0. The molecular weight excluding hydrogens is 752 g/mol. The minimum Gasteiger partial charge on any atom is -0.308 e. The maximum absolute atomic E-state index is 14.3. The third-order valence-electron chi connectivity index (χ3n) is 11.3. The van der Waals surface area contributed by atoms with Crippen molar-refractivity contribution in [2.24, 2.45) is 0 Å². The molecule has 0 aliphatic heterocycles. The third-order valence-corrected chi connectivity index (χ3v) is 11.3. The summed E-state index contributed by atoms with van der Waals surface area (Å²) in [5.41, 5.74) is 8.23. The molecule has 2 heterocycles. The Morgan fingerprint density at radius 1 is 0.400 bits per heavy atom. The fraction of sp³-hybridized carbons (Fsp3) is 0.0192. The lowest BCUT2D eigenvalue weighted by atomic mass is 9.96. The summed E-state index contributed by atoms with van der Waals surface area (Å²) >= 11 is 0. The van der Waals surface area contributed by atoms with Gasteiger partial charge in [0, 0.05) is 27.1 Å². The summed E-state index contributed by atoms with van der Waals surface area (Å²) in [4.78, 5) is 0. The molecule has 5 nitrogen and oxygen atoms in total. The van der Waals surface area contributed by atoms with Gasteiger partial charge in [-0.3, -0.25) is 0 Å². The number of rotatable bonds is 5. The number of benzene rings is 8. The van der Waals surface area contributed by atoms with Crippen LogP contribution in [0.15, 0.2) is 170 Å². The van der Waals surface area contributed by atoms with Gasteiger partial charge in [0.15, 0.2) is 0 Å². The second-order valence-corrected chi connectivity index (χ2v) is 14.5. The summed E-state index contributed by atoms with van der Waals surface area (Å²) in [7, 11) is 0. The average molecular weight is 780 g/mol. The van der Waals surface area contributed by atoms with Gasteiger partial charge in [-0.2, -0.15) is 29.0 Å².